The summed E-state index contributed by atoms with van der Waals surface area (Å²) in [5.74, 6) is 1.55. The second-order valence-electron chi connectivity index (χ2n) is 8.12. The van der Waals surface area contributed by atoms with Crippen LogP contribution in [-0.4, -0.2) is 54.8 Å². The number of aryl methyl sites for hydroxylation is 1. The number of halogens is 2. The Morgan fingerprint density at radius 1 is 0.906 bits per heavy atom. The lowest BCUT2D eigenvalue weighted by Crippen LogP contribution is -2.46. The fourth-order valence-corrected chi connectivity index (χ4v) is 5.84. The van der Waals surface area contributed by atoms with Crippen LogP contribution in [0.3, 0.4) is 0 Å². The predicted octanol–water partition coefficient (Wildman–Crippen LogP) is 4.74. The molecule has 3 heterocycles. The van der Waals surface area contributed by atoms with Crippen molar-refractivity contribution in [2.75, 3.05) is 50.8 Å². The first-order valence-corrected chi connectivity index (χ1v) is 12.5. The van der Waals surface area contributed by atoms with Gasteiger partial charge in [-0.05, 0) is 43.7 Å². The van der Waals surface area contributed by atoms with Gasteiger partial charge in [0.1, 0.15) is 13.2 Å². The third-order valence-corrected chi connectivity index (χ3v) is 7.55. The number of ether oxygens (including phenoxy) is 2. The van der Waals surface area contributed by atoms with Crippen LogP contribution in [0.2, 0.25) is 10.0 Å². The van der Waals surface area contributed by atoms with E-state index in [4.69, 9.17) is 32.7 Å². The van der Waals surface area contributed by atoms with Crippen LogP contribution in [0.15, 0.2) is 35.1 Å². The van der Waals surface area contributed by atoms with Gasteiger partial charge in [-0.1, -0.05) is 34.7 Å². The van der Waals surface area contributed by atoms with Gasteiger partial charge in [-0.15, -0.1) is 0 Å². The number of hydrogen-bond donors (Lipinski definition) is 0. The summed E-state index contributed by atoms with van der Waals surface area (Å²) in [5.41, 5.74) is 1.11. The van der Waals surface area contributed by atoms with E-state index < -0.39 is 0 Å². The van der Waals surface area contributed by atoms with Crippen LogP contribution in [0, 0.1) is 0 Å². The number of aromatic nitrogens is 1. The Labute approximate surface area is 201 Å². The van der Waals surface area contributed by atoms with Crippen molar-refractivity contribution in [1.29, 1.82) is 0 Å². The van der Waals surface area contributed by atoms with Crippen molar-refractivity contribution in [2.24, 2.45) is 0 Å². The fourth-order valence-electron chi connectivity index (χ4n) is 4.33. The van der Waals surface area contributed by atoms with Crippen molar-refractivity contribution in [3.05, 3.63) is 50.7 Å². The second-order valence-corrected chi connectivity index (χ2v) is 10.1. The Morgan fingerprint density at radius 3 is 2.53 bits per heavy atom. The number of rotatable bonds is 6. The molecule has 0 unspecified atom stereocenters. The molecule has 9 heteroatoms. The largest absolute Gasteiger partial charge is 0.486 e. The lowest BCUT2D eigenvalue weighted by Gasteiger charge is -2.37. The zero-order chi connectivity index (χ0) is 22.1. The van der Waals surface area contributed by atoms with Crippen molar-refractivity contribution in [3.63, 3.8) is 0 Å². The minimum Gasteiger partial charge on any atom is -0.486 e. The summed E-state index contributed by atoms with van der Waals surface area (Å²) >= 11 is 13.9. The van der Waals surface area contributed by atoms with Crippen molar-refractivity contribution in [2.45, 2.75) is 19.4 Å². The lowest BCUT2D eigenvalue weighted by atomic mass is 10.2. The highest BCUT2D eigenvalue weighted by atomic mass is 35.5. The molecule has 32 heavy (non-hydrogen) atoms. The van der Waals surface area contributed by atoms with Gasteiger partial charge in [0.15, 0.2) is 11.5 Å². The zero-order valence-corrected chi connectivity index (χ0v) is 20.0. The molecular formula is C23H25Cl2N3O3S. The van der Waals surface area contributed by atoms with E-state index in [1.54, 1.807) is 6.07 Å². The van der Waals surface area contributed by atoms with E-state index in [0.29, 0.717) is 23.3 Å². The topological polar surface area (TPSA) is 46.9 Å². The first-order chi connectivity index (χ1) is 15.6. The summed E-state index contributed by atoms with van der Waals surface area (Å²) in [6, 6.07) is 9.27. The van der Waals surface area contributed by atoms with Gasteiger partial charge in [0.25, 0.3) is 5.56 Å². The number of benzene rings is 2. The van der Waals surface area contributed by atoms with Gasteiger partial charge in [-0.3, -0.25) is 13.7 Å². The van der Waals surface area contributed by atoms with Gasteiger partial charge in [-0.25, -0.2) is 0 Å². The molecule has 0 N–H and O–H groups in total. The van der Waals surface area contributed by atoms with Crippen LogP contribution >= 0.6 is 34.7 Å². The summed E-state index contributed by atoms with van der Waals surface area (Å²) in [7, 11) is 0. The molecule has 0 amide bonds. The molecule has 0 aliphatic carbocycles. The van der Waals surface area contributed by atoms with Crippen molar-refractivity contribution < 1.29 is 9.47 Å². The van der Waals surface area contributed by atoms with E-state index in [1.165, 1.54) is 11.5 Å². The molecule has 0 atom stereocenters. The highest BCUT2D eigenvalue weighted by Crippen LogP contribution is 2.42. The monoisotopic (exact) mass is 493 g/mol. The molecule has 0 radical (unpaired) electrons. The van der Waals surface area contributed by atoms with E-state index >= 15 is 0 Å². The van der Waals surface area contributed by atoms with Gasteiger partial charge in [-0.2, -0.15) is 0 Å². The Morgan fingerprint density at radius 2 is 1.69 bits per heavy atom. The van der Waals surface area contributed by atoms with Gasteiger partial charge in [0, 0.05) is 48.8 Å². The third-order valence-electron chi connectivity index (χ3n) is 5.99. The standard InChI is InChI=1S/C23H25Cl2N3O3S/c24-16-3-4-18-21(15-16)32-28(23(18)29)6-2-1-5-26-7-9-27(10-8-26)19-13-17(25)14-20-22(19)31-12-11-30-20/h3-4,13-15H,1-2,5-12H2. The lowest BCUT2D eigenvalue weighted by molar-refractivity contribution is 0.171. The molecule has 6 nitrogen and oxygen atoms in total. The molecule has 3 aromatic rings. The molecule has 2 aromatic carbocycles. The summed E-state index contributed by atoms with van der Waals surface area (Å²) < 4.78 is 14.4. The number of nitrogens with zero attached hydrogens (tertiary/aromatic N) is 3. The summed E-state index contributed by atoms with van der Waals surface area (Å²) in [5, 5.41) is 2.10. The number of piperazine rings is 1. The maximum absolute atomic E-state index is 12.5. The molecule has 2 aliphatic rings. The number of hydrogen-bond acceptors (Lipinski definition) is 6. The minimum absolute atomic E-state index is 0.0892. The van der Waals surface area contributed by atoms with E-state index in [-0.39, 0.29) is 5.56 Å². The van der Waals surface area contributed by atoms with Crippen LogP contribution in [0.25, 0.3) is 10.1 Å². The van der Waals surface area contributed by atoms with Crippen LogP contribution in [-0.2, 0) is 6.54 Å². The van der Waals surface area contributed by atoms with E-state index in [2.05, 4.69) is 9.80 Å². The molecule has 0 saturated carbocycles. The first-order valence-electron chi connectivity index (χ1n) is 10.9. The SMILES string of the molecule is O=c1c2ccc(Cl)cc2sn1CCCCN1CCN(c2cc(Cl)cc3c2OCCO3)CC1. The minimum atomic E-state index is 0.0892. The average molecular weight is 494 g/mol. The Bertz CT molecular complexity index is 1170. The van der Waals surface area contributed by atoms with Gasteiger partial charge in [0.05, 0.1) is 15.8 Å². The zero-order valence-electron chi connectivity index (χ0n) is 17.7. The van der Waals surface area contributed by atoms with E-state index in [0.717, 1.165) is 79.4 Å². The quantitative estimate of drug-likeness (QED) is 0.464. The number of anilines is 1. The van der Waals surface area contributed by atoms with Gasteiger partial charge in [0.2, 0.25) is 0 Å². The van der Waals surface area contributed by atoms with Gasteiger partial charge >= 0.3 is 0 Å². The first kappa shape index (κ1) is 21.9. The van der Waals surface area contributed by atoms with Crippen LogP contribution in [0.5, 0.6) is 11.5 Å². The third kappa shape index (κ3) is 4.57. The van der Waals surface area contributed by atoms with E-state index in [1.807, 2.05) is 28.2 Å². The van der Waals surface area contributed by atoms with Crippen LogP contribution in [0.1, 0.15) is 12.8 Å². The van der Waals surface area contributed by atoms with Crippen molar-refractivity contribution >= 4 is 50.5 Å². The molecule has 1 fully saturated rings. The summed E-state index contributed by atoms with van der Waals surface area (Å²) in [6.45, 7) is 6.74. The van der Waals surface area contributed by atoms with Gasteiger partial charge < -0.3 is 14.4 Å². The Kier molecular flexibility index (Phi) is 6.51. The maximum atomic E-state index is 12.5. The highest BCUT2D eigenvalue weighted by Gasteiger charge is 2.24. The van der Waals surface area contributed by atoms with Crippen molar-refractivity contribution in [3.8, 4) is 11.5 Å². The summed E-state index contributed by atoms with van der Waals surface area (Å²) in [4.78, 5) is 17.3. The number of fused-ring (bicyclic) bond motifs is 2. The fraction of sp³-hybridized carbons (Fsp3) is 0.435. The smallest absolute Gasteiger partial charge is 0.268 e. The van der Waals surface area contributed by atoms with E-state index in [9.17, 15) is 4.79 Å². The molecule has 170 valence electrons. The second kappa shape index (κ2) is 9.51. The summed E-state index contributed by atoms with van der Waals surface area (Å²) in [6.07, 6.45) is 2.04. The molecule has 0 bridgehead atoms. The maximum Gasteiger partial charge on any atom is 0.268 e. The molecule has 1 saturated heterocycles. The average Bonchev–Trinajstić information content (AvgIpc) is 3.11. The Balaban J connectivity index is 1.12. The molecule has 0 spiro atoms. The molecule has 1 aromatic heterocycles. The Hall–Kier alpha value is -1.93. The highest BCUT2D eigenvalue weighted by molar-refractivity contribution is 7.13. The normalized spacial score (nSPS) is 16.6. The molecule has 2 aliphatic heterocycles. The molecular weight excluding hydrogens is 469 g/mol. The van der Waals surface area contributed by atoms with Crippen molar-refractivity contribution in [1.82, 2.24) is 8.86 Å². The van der Waals surface area contributed by atoms with Crippen LogP contribution < -0.4 is 19.9 Å². The predicted molar refractivity (Wildman–Crippen MR) is 131 cm³/mol. The molecule has 5 rings (SSSR count). The van der Waals surface area contributed by atoms with Crippen LogP contribution in [0.4, 0.5) is 5.69 Å². The number of unbranched alkanes of at least 4 members (excludes halogenated alkanes) is 1.